The van der Waals surface area contributed by atoms with Gasteiger partial charge in [-0.05, 0) is 6.07 Å². The third kappa shape index (κ3) is 2.52. The van der Waals surface area contributed by atoms with Gasteiger partial charge in [0, 0.05) is 13.1 Å². The highest BCUT2D eigenvalue weighted by atomic mass is 32.2. The van der Waals surface area contributed by atoms with Crippen molar-refractivity contribution in [3.05, 3.63) is 17.8 Å². The van der Waals surface area contributed by atoms with Crippen LogP contribution in [0.4, 0.5) is 5.82 Å². The Hall–Kier alpha value is -1.70. The van der Waals surface area contributed by atoms with E-state index < -0.39 is 9.84 Å². The summed E-state index contributed by atoms with van der Waals surface area (Å²) < 4.78 is 22.6. The van der Waals surface area contributed by atoms with Gasteiger partial charge in [-0.2, -0.15) is 5.10 Å². The third-order valence-electron chi connectivity index (χ3n) is 2.64. The minimum Gasteiger partial charge on any atom is -0.384 e. The van der Waals surface area contributed by atoms with Gasteiger partial charge in [-0.1, -0.05) is 0 Å². The quantitative estimate of drug-likeness (QED) is 0.517. The number of nitrogens with zero attached hydrogens (tertiary/aromatic N) is 3. The number of rotatable bonds is 2. The average Bonchev–Trinajstić information content (AvgIpc) is 2.29. The summed E-state index contributed by atoms with van der Waals surface area (Å²) in [7, 11) is -2.93. The van der Waals surface area contributed by atoms with Gasteiger partial charge in [0.1, 0.15) is 5.84 Å². The minimum atomic E-state index is -2.93. The first-order chi connectivity index (χ1) is 7.99. The molecule has 0 radical (unpaired) electrons. The summed E-state index contributed by atoms with van der Waals surface area (Å²) in [5.74, 6) is 0.584. The predicted molar refractivity (Wildman–Crippen MR) is 63.9 cm³/mol. The van der Waals surface area contributed by atoms with Crippen molar-refractivity contribution in [2.75, 3.05) is 29.5 Å². The molecule has 0 aliphatic carbocycles. The van der Waals surface area contributed by atoms with E-state index >= 15 is 0 Å². The van der Waals surface area contributed by atoms with E-state index in [0.29, 0.717) is 24.5 Å². The Morgan fingerprint density at radius 2 is 2.06 bits per heavy atom. The molecule has 1 saturated heterocycles. The summed E-state index contributed by atoms with van der Waals surface area (Å²) in [5.41, 5.74) is 5.93. The summed E-state index contributed by atoms with van der Waals surface area (Å²) in [6.07, 6.45) is 1.46. The first kappa shape index (κ1) is 11.8. The Bertz CT molecular complexity index is 528. The molecule has 0 atom stereocenters. The third-order valence-corrected chi connectivity index (χ3v) is 4.24. The SMILES string of the molecule is N=C(N)c1ccnnc1N1CCS(=O)(=O)CC1. The van der Waals surface area contributed by atoms with Crippen LogP contribution in [0.15, 0.2) is 12.3 Å². The van der Waals surface area contributed by atoms with Gasteiger partial charge in [0.25, 0.3) is 0 Å². The van der Waals surface area contributed by atoms with Crippen LogP contribution in [0.25, 0.3) is 0 Å². The van der Waals surface area contributed by atoms with Gasteiger partial charge in [0.15, 0.2) is 15.7 Å². The number of nitrogens with two attached hydrogens (primary N) is 1. The van der Waals surface area contributed by atoms with E-state index in [0.717, 1.165) is 0 Å². The lowest BCUT2D eigenvalue weighted by Gasteiger charge is -2.28. The van der Waals surface area contributed by atoms with Gasteiger partial charge < -0.3 is 10.6 Å². The normalized spacial score (nSPS) is 18.9. The van der Waals surface area contributed by atoms with Gasteiger partial charge in [0.05, 0.1) is 23.3 Å². The zero-order chi connectivity index (χ0) is 12.5. The van der Waals surface area contributed by atoms with Gasteiger partial charge in [-0.25, -0.2) is 8.42 Å². The Balaban J connectivity index is 2.27. The Labute approximate surface area is 99.1 Å². The Kier molecular flexibility index (Phi) is 2.97. The molecule has 1 fully saturated rings. The zero-order valence-electron chi connectivity index (χ0n) is 9.13. The molecule has 1 aliphatic rings. The van der Waals surface area contributed by atoms with Crippen molar-refractivity contribution < 1.29 is 8.42 Å². The molecule has 3 N–H and O–H groups in total. The summed E-state index contributed by atoms with van der Waals surface area (Å²) in [6.45, 7) is 0.725. The molecule has 1 aliphatic heterocycles. The highest BCUT2D eigenvalue weighted by Gasteiger charge is 2.24. The van der Waals surface area contributed by atoms with Crippen LogP contribution in [0.1, 0.15) is 5.56 Å². The molecule has 0 aromatic carbocycles. The van der Waals surface area contributed by atoms with Crippen LogP contribution in [0.2, 0.25) is 0 Å². The minimum absolute atomic E-state index is 0.0941. The molecule has 0 spiro atoms. The monoisotopic (exact) mass is 255 g/mol. The predicted octanol–water partition coefficient (Wildman–Crippen LogP) is -1.00. The van der Waals surface area contributed by atoms with E-state index in [1.54, 1.807) is 11.0 Å². The number of sulfone groups is 1. The van der Waals surface area contributed by atoms with Crippen molar-refractivity contribution in [3.8, 4) is 0 Å². The molecule has 92 valence electrons. The van der Waals surface area contributed by atoms with E-state index in [-0.39, 0.29) is 17.3 Å². The molecule has 8 heteroatoms. The van der Waals surface area contributed by atoms with E-state index in [9.17, 15) is 8.42 Å². The van der Waals surface area contributed by atoms with Crippen LogP contribution in [0, 0.1) is 5.41 Å². The second-order valence-corrected chi connectivity index (χ2v) is 6.12. The molecular formula is C9H13N5O2S. The molecule has 0 saturated carbocycles. The molecular weight excluding hydrogens is 242 g/mol. The topological polar surface area (TPSA) is 113 Å². The van der Waals surface area contributed by atoms with Crippen LogP contribution in [0.5, 0.6) is 0 Å². The van der Waals surface area contributed by atoms with E-state index in [1.807, 2.05) is 0 Å². The fraction of sp³-hybridized carbons (Fsp3) is 0.444. The molecule has 1 aromatic rings. The van der Waals surface area contributed by atoms with Crippen molar-refractivity contribution in [1.82, 2.24) is 10.2 Å². The highest BCUT2D eigenvalue weighted by Crippen LogP contribution is 2.18. The zero-order valence-corrected chi connectivity index (χ0v) is 9.94. The standard InChI is InChI=1S/C9H13N5O2S/c10-8(11)7-1-2-12-13-9(7)14-3-5-17(15,16)6-4-14/h1-2H,3-6H2,(H3,10,11). The second-order valence-electron chi connectivity index (χ2n) is 3.82. The van der Waals surface area contributed by atoms with Crippen molar-refractivity contribution in [1.29, 1.82) is 5.41 Å². The van der Waals surface area contributed by atoms with Crippen LogP contribution in [-0.2, 0) is 9.84 Å². The lowest BCUT2D eigenvalue weighted by molar-refractivity contribution is 0.586. The first-order valence-corrected chi connectivity index (χ1v) is 6.93. The van der Waals surface area contributed by atoms with Gasteiger partial charge in [0.2, 0.25) is 0 Å². The molecule has 2 rings (SSSR count). The van der Waals surface area contributed by atoms with Gasteiger partial charge >= 0.3 is 0 Å². The van der Waals surface area contributed by atoms with Crippen molar-refractivity contribution in [3.63, 3.8) is 0 Å². The number of amidine groups is 1. The van der Waals surface area contributed by atoms with Crippen LogP contribution >= 0.6 is 0 Å². The number of hydrogen-bond acceptors (Lipinski definition) is 6. The number of nitrogen functional groups attached to an aromatic ring is 1. The smallest absolute Gasteiger partial charge is 0.162 e. The molecule has 0 amide bonds. The average molecular weight is 255 g/mol. The first-order valence-electron chi connectivity index (χ1n) is 5.11. The molecule has 1 aromatic heterocycles. The fourth-order valence-corrected chi connectivity index (χ4v) is 2.89. The molecule has 2 heterocycles. The van der Waals surface area contributed by atoms with Gasteiger partial charge in [-0.3, -0.25) is 5.41 Å². The lowest BCUT2D eigenvalue weighted by Crippen LogP contribution is -2.41. The number of aromatic nitrogens is 2. The number of hydrogen-bond donors (Lipinski definition) is 2. The summed E-state index contributed by atoms with van der Waals surface area (Å²) in [6, 6.07) is 1.60. The molecule has 0 unspecified atom stereocenters. The maximum absolute atomic E-state index is 11.3. The number of anilines is 1. The molecule has 0 bridgehead atoms. The largest absolute Gasteiger partial charge is 0.384 e. The Morgan fingerprint density at radius 3 is 2.65 bits per heavy atom. The summed E-state index contributed by atoms with van der Waals surface area (Å²) in [4.78, 5) is 1.80. The molecule has 7 nitrogen and oxygen atoms in total. The van der Waals surface area contributed by atoms with Gasteiger partial charge in [-0.15, -0.1) is 5.10 Å². The number of nitrogens with one attached hydrogen (secondary N) is 1. The van der Waals surface area contributed by atoms with E-state index in [2.05, 4.69) is 10.2 Å². The van der Waals surface area contributed by atoms with Crippen LogP contribution < -0.4 is 10.6 Å². The Morgan fingerprint density at radius 1 is 1.41 bits per heavy atom. The highest BCUT2D eigenvalue weighted by molar-refractivity contribution is 7.91. The fourth-order valence-electron chi connectivity index (χ4n) is 1.69. The summed E-state index contributed by atoms with van der Waals surface area (Å²) in [5, 5.41) is 15.1. The van der Waals surface area contributed by atoms with Crippen molar-refractivity contribution >= 4 is 21.5 Å². The van der Waals surface area contributed by atoms with Crippen LogP contribution in [-0.4, -0.2) is 49.0 Å². The molecule has 17 heavy (non-hydrogen) atoms. The summed E-state index contributed by atoms with van der Waals surface area (Å²) >= 11 is 0. The van der Waals surface area contributed by atoms with Crippen LogP contribution in [0.3, 0.4) is 0 Å². The maximum atomic E-state index is 11.3. The lowest BCUT2D eigenvalue weighted by atomic mass is 10.2. The van der Waals surface area contributed by atoms with Crippen molar-refractivity contribution in [2.24, 2.45) is 5.73 Å². The maximum Gasteiger partial charge on any atom is 0.162 e. The van der Waals surface area contributed by atoms with E-state index in [4.69, 9.17) is 11.1 Å². The second kappa shape index (κ2) is 4.28. The van der Waals surface area contributed by atoms with Crippen molar-refractivity contribution in [2.45, 2.75) is 0 Å². The van der Waals surface area contributed by atoms with E-state index in [1.165, 1.54) is 6.20 Å².